The highest BCUT2D eigenvalue weighted by molar-refractivity contribution is 5.79. The zero-order chi connectivity index (χ0) is 21.2. The van der Waals surface area contributed by atoms with E-state index in [0.29, 0.717) is 25.6 Å². The number of rotatable bonds is 9. The van der Waals surface area contributed by atoms with E-state index in [1.165, 1.54) is 5.56 Å². The molecule has 164 valence electrons. The number of hydrogen-bond donors (Lipinski definition) is 3. The summed E-state index contributed by atoms with van der Waals surface area (Å²) in [5.41, 5.74) is 0.365. The molecule has 1 fully saturated rings. The highest BCUT2D eigenvalue weighted by Gasteiger charge is 2.25. The predicted molar refractivity (Wildman–Crippen MR) is 118 cm³/mol. The highest BCUT2D eigenvalue weighted by atomic mass is 16.5. The fourth-order valence-corrected chi connectivity index (χ4v) is 3.48. The minimum Gasteiger partial charge on any atom is -0.387 e. The molecule has 3 N–H and O–H groups in total. The summed E-state index contributed by atoms with van der Waals surface area (Å²) < 4.78 is 7.49. The molecule has 1 unspecified atom stereocenters. The third-order valence-electron chi connectivity index (χ3n) is 5.02. The second kappa shape index (κ2) is 11.1. The van der Waals surface area contributed by atoms with Crippen LogP contribution in [0.1, 0.15) is 25.2 Å². The van der Waals surface area contributed by atoms with Crippen LogP contribution in [0.2, 0.25) is 0 Å². The molecule has 2 aromatic rings. The van der Waals surface area contributed by atoms with Crippen LogP contribution in [0.3, 0.4) is 0 Å². The van der Waals surface area contributed by atoms with Crippen molar-refractivity contribution in [3.63, 3.8) is 0 Å². The Bertz CT molecular complexity index is 784. The van der Waals surface area contributed by atoms with E-state index in [9.17, 15) is 5.11 Å². The van der Waals surface area contributed by atoms with Crippen molar-refractivity contribution in [2.75, 3.05) is 45.9 Å². The Labute approximate surface area is 179 Å². The monoisotopic (exact) mass is 414 g/mol. The molecular weight excluding hydrogens is 380 g/mol. The largest absolute Gasteiger partial charge is 0.387 e. The topological polar surface area (TPSA) is 86.9 Å². The van der Waals surface area contributed by atoms with Crippen LogP contribution in [0.4, 0.5) is 0 Å². The van der Waals surface area contributed by atoms with Gasteiger partial charge in [0.2, 0.25) is 0 Å². The van der Waals surface area contributed by atoms with Gasteiger partial charge in [0.25, 0.3) is 0 Å². The molecule has 1 atom stereocenters. The van der Waals surface area contributed by atoms with E-state index in [1.54, 1.807) is 6.20 Å². The van der Waals surface area contributed by atoms with E-state index in [-0.39, 0.29) is 0 Å². The van der Waals surface area contributed by atoms with Crippen molar-refractivity contribution < 1.29 is 9.84 Å². The molecule has 0 bridgehead atoms. The number of aliphatic hydroxyl groups is 1. The van der Waals surface area contributed by atoms with Gasteiger partial charge < -0.3 is 25.0 Å². The average Bonchev–Trinajstić information content (AvgIpc) is 3.18. The first-order chi connectivity index (χ1) is 14.6. The maximum atomic E-state index is 10.8. The van der Waals surface area contributed by atoms with Gasteiger partial charge in [-0.25, -0.2) is 9.98 Å². The van der Waals surface area contributed by atoms with Gasteiger partial charge >= 0.3 is 0 Å². The molecule has 1 aliphatic rings. The minimum atomic E-state index is -0.862. The Morgan fingerprint density at radius 2 is 2.00 bits per heavy atom. The van der Waals surface area contributed by atoms with Gasteiger partial charge in [-0.1, -0.05) is 30.3 Å². The minimum absolute atomic E-state index is 0.411. The van der Waals surface area contributed by atoms with E-state index in [2.05, 4.69) is 42.2 Å². The number of morpholine rings is 1. The van der Waals surface area contributed by atoms with Crippen LogP contribution in [0.5, 0.6) is 0 Å². The van der Waals surface area contributed by atoms with Crippen LogP contribution in [0.25, 0.3) is 0 Å². The quantitative estimate of drug-likeness (QED) is 0.420. The number of nitrogens with one attached hydrogen (secondary N) is 2. The summed E-state index contributed by atoms with van der Waals surface area (Å²) in [6, 6.07) is 10.3. The molecule has 30 heavy (non-hydrogen) atoms. The fourth-order valence-electron chi connectivity index (χ4n) is 3.48. The molecule has 1 saturated heterocycles. The van der Waals surface area contributed by atoms with E-state index in [4.69, 9.17) is 4.74 Å². The molecule has 8 nitrogen and oxygen atoms in total. The Kier molecular flexibility index (Phi) is 8.24. The summed E-state index contributed by atoms with van der Waals surface area (Å²) in [5, 5.41) is 17.3. The molecule has 1 aliphatic heterocycles. The van der Waals surface area contributed by atoms with Gasteiger partial charge in [-0.3, -0.25) is 4.90 Å². The third kappa shape index (κ3) is 7.12. The summed E-state index contributed by atoms with van der Waals surface area (Å²) in [6.45, 7) is 10.0. The molecule has 8 heteroatoms. The maximum absolute atomic E-state index is 10.8. The van der Waals surface area contributed by atoms with Crippen molar-refractivity contribution in [2.45, 2.75) is 32.5 Å². The lowest BCUT2D eigenvalue weighted by molar-refractivity contribution is -0.0201. The molecule has 0 aliphatic carbocycles. The summed E-state index contributed by atoms with van der Waals surface area (Å²) in [6.07, 6.45) is 3.78. The number of hydrogen-bond acceptors (Lipinski definition) is 5. The SMILES string of the molecule is CCNC(=NCc1nccn1Cc1ccccc1)NCC(C)(O)CN1CCOCC1. The molecule has 0 radical (unpaired) electrons. The lowest BCUT2D eigenvalue weighted by Crippen LogP contribution is -2.53. The van der Waals surface area contributed by atoms with Crippen molar-refractivity contribution in [1.82, 2.24) is 25.1 Å². The summed E-state index contributed by atoms with van der Waals surface area (Å²) in [5.74, 6) is 1.57. The van der Waals surface area contributed by atoms with Gasteiger partial charge in [0.1, 0.15) is 12.4 Å². The lowest BCUT2D eigenvalue weighted by atomic mass is 10.1. The molecule has 0 spiro atoms. The predicted octanol–water partition coefficient (Wildman–Crippen LogP) is 1.07. The van der Waals surface area contributed by atoms with Crippen molar-refractivity contribution in [1.29, 1.82) is 0 Å². The summed E-state index contributed by atoms with van der Waals surface area (Å²) in [7, 11) is 0. The number of aromatic nitrogens is 2. The molecule has 0 saturated carbocycles. The number of benzene rings is 1. The van der Waals surface area contributed by atoms with E-state index >= 15 is 0 Å². The van der Waals surface area contributed by atoms with Crippen LogP contribution >= 0.6 is 0 Å². The zero-order valence-corrected chi connectivity index (χ0v) is 18.0. The number of nitrogens with zero attached hydrogens (tertiary/aromatic N) is 4. The van der Waals surface area contributed by atoms with Gasteiger partial charge in [-0.05, 0) is 19.4 Å². The third-order valence-corrected chi connectivity index (χ3v) is 5.02. The molecular formula is C22H34N6O2. The Morgan fingerprint density at radius 3 is 2.73 bits per heavy atom. The second-order valence-electron chi connectivity index (χ2n) is 7.89. The second-order valence-corrected chi connectivity index (χ2v) is 7.89. The van der Waals surface area contributed by atoms with Gasteiger partial charge in [0, 0.05) is 51.7 Å². The Hall–Kier alpha value is -2.42. The first-order valence-corrected chi connectivity index (χ1v) is 10.6. The highest BCUT2D eigenvalue weighted by Crippen LogP contribution is 2.08. The van der Waals surface area contributed by atoms with Crippen molar-refractivity contribution in [3.8, 4) is 0 Å². The van der Waals surface area contributed by atoms with Crippen LogP contribution in [-0.4, -0.2) is 77.1 Å². The first kappa shape index (κ1) is 22.3. The standard InChI is InChI=1S/C22H34N6O2/c1-3-23-21(26-17-22(2,29)18-27-11-13-30-14-12-27)25-15-20-24-9-10-28(20)16-19-7-5-4-6-8-19/h4-10,29H,3,11-18H2,1-2H3,(H2,23,25,26). The smallest absolute Gasteiger partial charge is 0.191 e. The molecule has 2 heterocycles. The van der Waals surface area contributed by atoms with Crippen LogP contribution < -0.4 is 10.6 Å². The Balaban J connectivity index is 1.56. The van der Waals surface area contributed by atoms with Crippen LogP contribution in [0.15, 0.2) is 47.7 Å². The summed E-state index contributed by atoms with van der Waals surface area (Å²) in [4.78, 5) is 11.4. The molecule has 1 aromatic carbocycles. The van der Waals surface area contributed by atoms with E-state index in [0.717, 1.165) is 45.2 Å². The normalized spacial score (nSPS) is 17.5. The van der Waals surface area contributed by atoms with Crippen molar-refractivity contribution in [3.05, 3.63) is 54.1 Å². The van der Waals surface area contributed by atoms with Crippen molar-refractivity contribution in [2.24, 2.45) is 4.99 Å². The van der Waals surface area contributed by atoms with Crippen LogP contribution in [0, 0.1) is 0 Å². The van der Waals surface area contributed by atoms with E-state index < -0.39 is 5.60 Å². The average molecular weight is 415 g/mol. The molecule has 0 amide bonds. The maximum Gasteiger partial charge on any atom is 0.191 e. The number of aliphatic imine (C=N–C) groups is 1. The number of β-amino-alcohol motifs (C(OH)–C–C–N with tert-alkyl or cyclic N) is 1. The van der Waals surface area contributed by atoms with Gasteiger partial charge in [-0.15, -0.1) is 0 Å². The number of ether oxygens (including phenoxy) is 1. The van der Waals surface area contributed by atoms with Crippen molar-refractivity contribution >= 4 is 5.96 Å². The summed E-state index contributed by atoms with van der Waals surface area (Å²) >= 11 is 0. The van der Waals surface area contributed by atoms with Crippen LogP contribution in [-0.2, 0) is 17.8 Å². The molecule has 1 aromatic heterocycles. The fraction of sp³-hybridized carbons (Fsp3) is 0.545. The van der Waals surface area contributed by atoms with Gasteiger partial charge in [-0.2, -0.15) is 0 Å². The van der Waals surface area contributed by atoms with Gasteiger partial charge in [0.15, 0.2) is 5.96 Å². The Morgan fingerprint density at radius 1 is 1.23 bits per heavy atom. The zero-order valence-electron chi connectivity index (χ0n) is 18.0. The lowest BCUT2D eigenvalue weighted by Gasteiger charge is -2.34. The number of imidazole rings is 1. The first-order valence-electron chi connectivity index (χ1n) is 10.6. The number of guanidine groups is 1. The van der Waals surface area contributed by atoms with Gasteiger partial charge in [0.05, 0.1) is 18.8 Å². The van der Waals surface area contributed by atoms with E-state index in [1.807, 2.05) is 38.2 Å². The molecule has 3 rings (SSSR count).